The van der Waals surface area contributed by atoms with E-state index < -0.39 is 0 Å². The van der Waals surface area contributed by atoms with Crippen LogP contribution in [0.2, 0.25) is 0 Å². The van der Waals surface area contributed by atoms with Crippen molar-refractivity contribution in [3.63, 3.8) is 0 Å². The Kier molecular flexibility index (Phi) is 2.53. The van der Waals surface area contributed by atoms with E-state index in [1.807, 2.05) is 0 Å². The average Bonchev–Trinajstić information content (AvgIpc) is 2.33. The van der Waals surface area contributed by atoms with Crippen LogP contribution in [0.1, 0.15) is 30.4 Å². The first-order chi connectivity index (χ1) is 7.95. The van der Waals surface area contributed by atoms with Crippen LogP contribution in [-0.2, 0) is 11.2 Å². The van der Waals surface area contributed by atoms with E-state index in [1.54, 1.807) is 0 Å². The minimum absolute atomic E-state index is 0.862. The zero-order chi connectivity index (χ0) is 10.8. The van der Waals surface area contributed by atoms with Gasteiger partial charge in [-0.15, -0.1) is 0 Å². The van der Waals surface area contributed by atoms with Crippen molar-refractivity contribution in [2.75, 3.05) is 6.61 Å². The lowest BCUT2D eigenvalue weighted by Gasteiger charge is -2.22. The van der Waals surface area contributed by atoms with Gasteiger partial charge in [-0.3, -0.25) is 0 Å². The van der Waals surface area contributed by atoms with Crippen LogP contribution in [0.5, 0.6) is 0 Å². The van der Waals surface area contributed by atoms with E-state index in [4.69, 9.17) is 4.74 Å². The molecule has 0 spiro atoms. The van der Waals surface area contributed by atoms with Crippen molar-refractivity contribution < 1.29 is 4.74 Å². The molecule has 0 bridgehead atoms. The molecule has 1 nitrogen and oxygen atoms in total. The Morgan fingerprint density at radius 2 is 2.00 bits per heavy atom. The van der Waals surface area contributed by atoms with Crippen LogP contribution >= 0.6 is 0 Å². The first-order valence-electron chi connectivity index (χ1n) is 6.06. The highest BCUT2D eigenvalue weighted by molar-refractivity contribution is 5.78. The summed E-state index contributed by atoms with van der Waals surface area (Å²) < 4.78 is 5.87. The molecule has 1 aromatic rings. The Balaban J connectivity index is 2.15. The molecule has 0 N–H and O–H groups in total. The first-order valence-corrected chi connectivity index (χ1v) is 6.06. The lowest BCUT2D eigenvalue weighted by atomic mass is 9.91. The van der Waals surface area contributed by atoms with E-state index >= 15 is 0 Å². The number of benzene rings is 1. The summed E-state index contributed by atoms with van der Waals surface area (Å²) in [6.45, 7) is 0.862. The third-order valence-corrected chi connectivity index (χ3v) is 3.30. The van der Waals surface area contributed by atoms with Crippen LogP contribution < -0.4 is 0 Å². The Bertz CT molecular complexity index is 454. The number of ether oxygens (including phenoxy) is 1. The average molecular weight is 212 g/mol. The fraction of sp³-hybridized carbons (Fsp3) is 0.333. The normalized spacial score (nSPS) is 19.2. The van der Waals surface area contributed by atoms with Gasteiger partial charge in [0, 0.05) is 12.0 Å². The summed E-state index contributed by atoms with van der Waals surface area (Å²) in [5.74, 6) is 1.19. The maximum Gasteiger partial charge on any atom is 0.104 e. The first kappa shape index (κ1) is 9.71. The molecule has 0 fully saturated rings. The van der Waals surface area contributed by atoms with Crippen LogP contribution in [0.25, 0.3) is 5.57 Å². The summed E-state index contributed by atoms with van der Waals surface area (Å²) in [5.41, 5.74) is 4.14. The molecular weight excluding hydrogens is 196 g/mol. The maximum absolute atomic E-state index is 5.87. The summed E-state index contributed by atoms with van der Waals surface area (Å²) in [7, 11) is 0. The number of rotatable bonds is 0. The molecule has 2 aliphatic rings. The van der Waals surface area contributed by atoms with Crippen molar-refractivity contribution >= 4 is 5.57 Å². The number of fused-ring (bicyclic) bond motifs is 2. The summed E-state index contributed by atoms with van der Waals surface area (Å²) in [4.78, 5) is 0. The standard InChI is InChI=1S/C15H16O/c1-2-8-13-12(6-1)7-5-11-16-15-10-4-3-9-14(13)15/h1-3,6,8-9H,4-5,7,10-11H2. The number of aryl methyl sites for hydroxylation is 1. The van der Waals surface area contributed by atoms with Gasteiger partial charge < -0.3 is 4.74 Å². The molecule has 0 saturated carbocycles. The highest BCUT2D eigenvalue weighted by Crippen LogP contribution is 2.32. The van der Waals surface area contributed by atoms with Gasteiger partial charge in [-0.05, 0) is 30.4 Å². The van der Waals surface area contributed by atoms with Crippen LogP contribution in [0.4, 0.5) is 0 Å². The van der Waals surface area contributed by atoms with E-state index in [9.17, 15) is 0 Å². The SMILES string of the molecule is C1=CC2=C(CC1)OCCCc1ccccc12. The van der Waals surface area contributed by atoms with Crippen LogP contribution in [0.15, 0.2) is 42.2 Å². The zero-order valence-corrected chi connectivity index (χ0v) is 9.41. The van der Waals surface area contributed by atoms with Crippen LogP contribution in [0, 0.1) is 0 Å². The molecule has 0 amide bonds. The Hall–Kier alpha value is -1.50. The summed E-state index contributed by atoms with van der Waals surface area (Å²) in [5, 5.41) is 0. The maximum atomic E-state index is 5.87. The molecule has 3 rings (SSSR count). The molecule has 1 heteroatoms. The van der Waals surface area contributed by atoms with E-state index in [2.05, 4.69) is 36.4 Å². The second kappa shape index (κ2) is 4.17. The van der Waals surface area contributed by atoms with Gasteiger partial charge in [-0.2, -0.15) is 0 Å². The van der Waals surface area contributed by atoms with Crippen LogP contribution in [-0.4, -0.2) is 6.61 Å². The van der Waals surface area contributed by atoms with Crippen LogP contribution in [0.3, 0.4) is 0 Å². The van der Waals surface area contributed by atoms with Crippen molar-refractivity contribution in [2.45, 2.75) is 25.7 Å². The fourth-order valence-corrected chi connectivity index (χ4v) is 2.49. The van der Waals surface area contributed by atoms with Crippen molar-refractivity contribution in [3.05, 3.63) is 53.3 Å². The van der Waals surface area contributed by atoms with Crippen molar-refractivity contribution in [2.24, 2.45) is 0 Å². The largest absolute Gasteiger partial charge is 0.497 e. The fourth-order valence-electron chi connectivity index (χ4n) is 2.49. The van der Waals surface area contributed by atoms with Gasteiger partial charge >= 0.3 is 0 Å². The molecule has 0 aromatic heterocycles. The minimum atomic E-state index is 0.862. The molecule has 1 aliphatic heterocycles. The number of hydrogen-bond acceptors (Lipinski definition) is 1. The second-order valence-corrected chi connectivity index (χ2v) is 4.39. The molecule has 16 heavy (non-hydrogen) atoms. The molecule has 0 saturated heterocycles. The molecule has 0 radical (unpaired) electrons. The quantitative estimate of drug-likeness (QED) is 0.637. The monoisotopic (exact) mass is 212 g/mol. The summed E-state index contributed by atoms with van der Waals surface area (Å²) >= 11 is 0. The zero-order valence-electron chi connectivity index (χ0n) is 9.41. The Labute approximate surface area is 96.4 Å². The van der Waals surface area contributed by atoms with Gasteiger partial charge in [0.15, 0.2) is 0 Å². The molecular formula is C15H16O. The molecule has 82 valence electrons. The molecule has 0 unspecified atom stereocenters. The summed E-state index contributed by atoms with van der Waals surface area (Å²) in [6.07, 6.45) is 8.89. The highest BCUT2D eigenvalue weighted by Gasteiger charge is 2.16. The van der Waals surface area contributed by atoms with E-state index in [0.29, 0.717) is 0 Å². The lowest BCUT2D eigenvalue weighted by molar-refractivity contribution is 0.199. The molecule has 1 heterocycles. The predicted molar refractivity (Wildman–Crippen MR) is 66.0 cm³/mol. The van der Waals surface area contributed by atoms with E-state index in [1.165, 1.54) is 22.5 Å². The van der Waals surface area contributed by atoms with Gasteiger partial charge in [0.1, 0.15) is 5.76 Å². The molecule has 1 aliphatic carbocycles. The molecule has 1 aromatic carbocycles. The third-order valence-electron chi connectivity index (χ3n) is 3.30. The minimum Gasteiger partial charge on any atom is -0.497 e. The van der Waals surface area contributed by atoms with Crippen molar-refractivity contribution in [1.29, 1.82) is 0 Å². The highest BCUT2D eigenvalue weighted by atomic mass is 16.5. The Morgan fingerprint density at radius 3 is 3.00 bits per heavy atom. The topological polar surface area (TPSA) is 9.23 Å². The van der Waals surface area contributed by atoms with E-state index in [-0.39, 0.29) is 0 Å². The van der Waals surface area contributed by atoms with Crippen molar-refractivity contribution in [3.8, 4) is 0 Å². The van der Waals surface area contributed by atoms with Crippen molar-refractivity contribution in [1.82, 2.24) is 0 Å². The van der Waals surface area contributed by atoms with Gasteiger partial charge in [0.25, 0.3) is 0 Å². The second-order valence-electron chi connectivity index (χ2n) is 4.39. The third kappa shape index (κ3) is 1.67. The number of hydrogen-bond donors (Lipinski definition) is 0. The van der Waals surface area contributed by atoms with Gasteiger partial charge in [0.05, 0.1) is 6.61 Å². The van der Waals surface area contributed by atoms with E-state index in [0.717, 1.165) is 32.3 Å². The number of allylic oxidation sites excluding steroid dienone is 4. The lowest BCUT2D eigenvalue weighted by Crippen LogP contribution is -2.07. The predicted octanol–water partition coefficient (Wildman–Crippen LogP) is 3.71. The Morgan fingerprint density at radius 1 is 1.06 bits per heavy atom. The smallest absolute Gasteiger partial charge is 0.104 e. The van der Waals surface area contributed by atoms with Gasteiger partial charge in [0.2, 0.25) is 0 Å². The van der Waals surface area contributed by atoms with Gasteiger partial charge in [-0.25, -0.2) is 0 Å². The molecule has 0 atom stereocenters. The van der Waals surface area contributed by atoms with Gasteiger partial charge in [-0.1, -0.05) is 36.4 Å². The summed E-state index contributed by atoms with van der Waals surface area (Å²) in [6, 6.07) is 8.71.